The summed E-state index contributed by atoms with van der Waals surface area (Å²) in [7, 11) is 2.08. The summed E-state index contributed by atoms with van der Waals surface area (Å²) in [4.78, 5) is 27.0. The largest absolute Gasteiger partial charge is 0.369 e. The van der Waals surface area contributed by atoms with Gasteiger partial charge < -0.3 is 25.8 Å². The number of amides is 1. The predicted octanol–water partition coefficient (Wildman–Crippen LogP) is 2.97. The van der Waals surface area contributed by atoms with Crippen LogP contribution in [0.25, 0.3) is 0 Å². The number of rotatable bonds is 7. The Bertz CT molecular complexity index is 1170. The normalized spacial score (nSPS) is 17.9. The Labute approximate surface area is 198 Å². The van der Waals surface area contributed by atoms with Crippen LogP contribution in [0.4, 0.5) is 27.5 Å². The summed E-state index contributed by atoms with van der Waals surface area (Å²) in [5, 5.41) is 3.11. The number of aromatic nitrogens is 2. The smallest absolute Gasteiger partial charge is 0.250 e. The fourth-order valence-corrected chi connectivity index (χ4v) is 3.91. The van der Waals surface area contributed by atoms with E-state index < -0.39 is 5.91 Å². The zero-order valence-electron chi connectivity index (χ0n) is 19.1. The van der Waals surface area contributed by atoms with Crippen molar-refractivity contribution < 1.29 is 9.18 Å². The summed E-state index contributed by atoms with van der Waals surface area (Å²) in [6, 6.07) is 6.61. The van der Waals surface area contributed by atoms with Gasteiger partial charge in [0.2, 0.25) is 5.95 Å². The summed E-state index contributed by atoms with van der Waals surface area (Å²) in [6.07, 6.45) is 10.3. The number of carbonyl (C=O) groups excluding carboxylic acids is 1. The maximum Gasteiger partial charge on any atom is 0.250 e. The molecule has 3 N–H and O–H groups in total. The van der Waals surface area contributed by atoms with Gasteiger partial charge in [-0.1, -0.05) is 30.9 Å². The lowest BCUT2D eigenvalue weighted by Crippen LogP contribution is -2.44. The Morgan fingerprint density at radius 3 is 2.74 bits per heavy atom. The second kappa shape index (κ2) is 10.3. The molecule has 2 aromatic rings. The van der Waals surface area contributed by atoms with E-state index in [1.165, 1.54) is 6.07 Å². The highest BCUT2D eigenvalue weighted by molar-refractivity contribution is 5.98. The van der Waals surface area contributed by atoms with E-state index >= 15 is 0 Å². The number of allylic oxidation sites excluding steroid dienone is 4. The van der Waals surface area contributed by atoms with Crippen molar-refractivity contribution in [2.75, 3.05) is 54.9 Å². The van der Waals surface area contributed by atoms with Crippen LogP contribution in [-0.2, 0) is 4.79 Å². The molecule has 1 aromatic carbocycles. The van der Waals surface area contributed by atoms with Crippen molar-refractivity contribution in [3.63, 3.8) is 0 Å². The molecular formula is C25H28FN7O. The first-order valence-corrected chi connectivity index (χ1v) is 11.0. The van der Waals surface area contributed by atoms with Gasteiger partial charge in [-0.05, 0) is 36.9 Å². The quantitative estimate of drug-likeness (QED) is 0.613. The number of carbonyl (C=O) groups is 1. The van der Waals surface area contributed by atoms with Gasteiger partial charge >= 0.3 is 0 Å². The van der Waals surface area contributed by atoms with Gasteiger partial charge in [-0.15, -0.1) is 0 Å². The highest BCUT2D eigenvalue weighted by Crippen LogP contribution is 2.28. The van der Waals surface area contributed by atoms with E-state index in [2.05, 4.69) is 38.7 Å². The molecule has 34 heavy (non-hydrogen) atoms. The molecule has 0 radical (unpaired) electrons. The summed E-state index contributed by atoms with van der Waals surface area (Å²) in [6.45, 7) is 7.62. The van der Waals surface area contributed by atoms with Crippen molar-refractivity contribution in [3.8, 4) is 0 Å². The third-order valence-electron chi connectivity index (χ3n) is 5.72. The molecule has 0 unspecified atom stereocenters. The molecule has 0 bridgehead atoms. The molecule has 0 atom stereocenters. The number of piperazine rings is 1. The zero-order valence-corrected chi connectivity index (χ0v) is 19.1. The number of benzene rings is 1. The Kier molecular flexibility index (Phi) is 7.03. The van der Waals surface area contributed by atoms with Crippen LogP contribution in [0.5, 0.6) is 0 Å². The van der Waals surface area contributed by atoms with Crippen molar-refractivity contribution in [1.82, 2.24) is 14.9 Å². The Morgan fingerprint density at radius 2 is 2.00 bits per heavy atom. The SMILES string of the molecule is C=C/C=C\C=C1/CN(c2ccnc(Nc3cc(F)cc(N4CCN(C)CC4)c3)n2)C=C1C(N)=O. The fourth-order valence-electron chi connectivity index (χ4n) is 3.91. The highest BCUT2D eigenvalue weighted by atomic mass is 19.1. The number of primary amides is 1. The van der Waals surface area contributed by atoms with Crippen molar-refractivity contribution in [3.05, 3.63) is 84.5 Å². The molecule has 0 saturated carbocycles. The van der Waals surface area contributed by atoms with Gasteiger partial charge in [0.05, 0.1) is 5.57 Å². The van der Waals surface area contributed by atoms with Crippen LogP contribution in [-0.4, -0.2) is 60.5 Å². The van der Waals surface area contributed by atoms with Crippen LogP contribution in [0.2, 0.25) is 0 Å². The number of nitrogens with zero attached hydrogens (tertiary/aromatic N) is 5. The van der Waals surface area contributed by atoms with Gasteiger partial charge in [0.1, 0.15) is 11.6 Å². The zero-order chi connectivity index (χ0) is 24.1. The standard InChI is InChI=1S/C25H28FN7O/c1-3-4-5-6-18-16-33(17-22(18)24(27)34)23-7-8-28-25(30-23)29-20-13-19(26)14-21(15-20)32-11-9-31(2)10-12-32/h3-8,13-15,17H,1,9-12,16H2,2H3,(H2,27,34)(H,28,29,30)/b5-4-,18-6+. The molecule has 1 fully saturated rings. The molecular weight excluding hydrogens is 433 g/mol. The molecule has 1 saturated heterocycles. The molecule has 4 rings (SSSR count). The van der Waals surface area contributed by atoms with Gasteiger partial charge in [0.15, 0.2) is 0 Å². The highest BCUT2D eigenvalue weighted by Gasteiger charge is 2.23. The molecule has 0 aliphatic carbocycles. The van der Waals surface area contributed by atoms with Crippen LogP contribution < -0.4 is 20.9 Å². The average molecular weight is 462 g/mol. The van der Waals surface area contributed by atoms with E-state index in [1.807, 2.05) is 17.0 Å². The lowest BCUT2D eigenvalue weighted by atomic mass is 10.1. The summed E-state index contributed by atoms with van der Waals surface area (Å²) in [5.74, 6) is 0.0730. The first-order chi connectivity index (χ1) is 16.4. The Balaban J connectivity index is 1.53. The Hall–Kier alpha value is -3.98. The van der Waals surface area contributed by atoms with Gasteiger partial charge in [0, 0.05) is 56.5 Å². The van der Waals surface area contributed by atoms with Gasteiger partial charge in [-0.3, -0.25) is 4.79 Å². The third-order valence-corrected chi connectivity index (χ3v) is 5.72. The number of hydrogen-bond donors (Lipinski definition) is 2. The van der Waals surface area contributed by atoms with Crippen LogP contribution in [0.3, 0.4) is 0 Å². The lowest BCUT2D eigenvalue weighted by Gasteiger charge is -2.34. The van der Waals surface area contributed by atoms with Crippen LogP contribution in [0.1, 0.15) is 0 Å². The van der Waals surface area contributed by atoms with Crippen LogP contribution >= 0.6 is 0 Å². The van der Waals surface area contributed by atoms with Crippen LogP contribution in [0.15, 0.2) is 78.7 Å². The van der Waals surface area contributed by atoms with Crippen LogP contribution in [0, 0.1) is 5.82 Å². The Morgan fingerprint density at radius 1 is 1.21 bits per heavy atom. The van der Waals surface area contributed by atoms with E-state index in [0.29, 0.717) is 29.6 Å². The first kappa shape index (κ1) is 23.2. The van der Waals surface area contributed by atoms with Crippen molar-refractivity contribution in [2.24, 2.45) is 5.73 Å². The molecule has 176 valence electrons. The lowest BCUT2D eigenvalue weighted by molar-refractivity contribution is -0.114. The molecule has 2 aliphatic heterocycles. The number of hydrogen-bond acceptors (Lipinski definition) is 7. The minimum atomic E-state index is -0.510. The molecule has 1 aromatic heterocycles. The number of likely N-dealkylation sites (N-methyl/N-ethyl adjacent to an activating group) is 1. The summed E-state index contributed by atoms with van der Waals surface area (Å²) < 4.78 is 14.4. The minimum Gasteiger partial charge on any atom is -0.369 e. The maximum atomic E-state index is 14.4. The number of anilines is 4. The third kappa shape index (κ3) is 5.49. The average Bonchev–Trinajstić information content (AvgIpc) is 3.24. The molecule has 9 heteroatoms. The monoisotopic (exact) mass is 461 g/mol. The molecule has 0 spiro atoms. The predicted molar refractivity (Wildman–Crippen MR) is 133 cm³/mol. The summed E-state index contributed by atoms with van der Waals surface area (Å²) in [5.41, 5.74) is 8.14. The van der Waals surface area contributed by atoms with E-state index in [4.69, 9.17) is 5.73 Å². The van der Waals surface area contributed by atoms with E-state index in [1.54, 1.807) is 42.8 Å². The van der Waals surface area contributed by atoms with Gasteiger partial charge in [-0.25, -0.2) is 9.37 Å². The van der Waals surface area contributed by atoms with Crippen molar-refractivity contribution >= 4 is 29.0 Å². The second-order valence-electron chi connectivity index (χ2n) is 8.20. The number of nitrogens with one attached hydrogen (secondary N) is 1. The fraction of sp³-hybridized carbons (Fsp3) is 0.240. The van der Waals surface area contributed by atoms with E-state index in [9.17, 15) is 9.18 Å². The molecule has 8 nitrogen and oxygen atoms in total. The number of halogens is 1. The van der Waals surface area contributed by atoms with Crippen molar-refractivity contribution in [2.45, 2.75) is 0 Å². The molecule has 3 heterocycles. The van der Waals surface area contributed by atoms with E-state index in [-0.39, 0.29) is 5.82 Å². The van der Waals surface area contributed by atoms with E-state index in [0.717, 1.165) is 37.4 Å². The van der Waals surface area contributed by atoms with Crippen molar-refractivity contribution in [1.29, 1.82) is 0 Å². The maximum absolute atomic E-state index is 14.4. The molecule has 2 aliphatic rings. The van der Waals surface area contributed by atoms with Gasteiger partial charge in [-0.2, -0.15) is 4.98 Å². The van der Waals surface area contributed by atoms with Gasteiger partial charge in [0.25, 0.3) is 5.91 Å². The number of nitrogens with two attached hydrogens (primary N) is 1. The topological polar surface area (TPSA) is 90.6 Å². The minimum absolute atomic E-state index is 0.324. The first-order valence-electron chi connectivity index (χ1n) is 11.0. The summed E-state index contributed by atoms with van der Waals surface area (Å²) >= 11 is 0. The molecule has 1 amide bonds. The second-order valence-corrected chi connectivity index (χ2v) is 8.20.